The average molecular weight is 603 g/mol. The molecule has 0 aliphatic carbocycles. The van der Waals surface area contributed by atoms with Crippen LogP contribution in [0.15, 0.2) is 59.9 Å². The van der Waals surface area contributed by atoms with Gasteiger partial charge >= 0.3 is 5.69 Å². The molecule has 2 aliphatic rings. The molecule has 1 N–H and O–H groups in total. The van der Waals surface area contributed by atoms with E-state index >= 15 is 4.39 Å². The molecule has 43 heavy (non-hydrogen) atoms. The van der Waals surface area contributed by atoms with Crippen molar-refractivity contribution in [3.8, 4) is 22.7 Å². The summed E-state index contributed by atoms with van der Waals surface area (Å²) < 4.78 is 23.2. The molecule has 1 saturated heterocycles. The molecule has 0 radical (unpaired) electrons. The second-order valence-electron chi connectivity index (χ2n) is 11.1. The first-order valence-electron chi connectivity index (χ1n) is 14.3. The van der Waals surface area contributed by atoms with Gasteiger partial charge in [0.15, 0.2) is 5.65 Å². The average Bonchev–Trinajstić information content (AvgIpc) is 2.98. The van der Waals surface area contributed by atoms with Crippen molar-refractivity contribution in [2.24, 2.45) is 0 Å². The number of nitrogens with one attached hydrogen (secondary N) is 1. The Kier molecular flexibility index (Phi) is 7.56. The number of aromatic nitrogens is 3. The Morgan fingerprint density at radius 1 is 1.21 bits per heavy atom. The predicted molar refractivity (Wildman–Crippen MR) is 167 cm³/mol. The SMILES string of the molecule is C=CC(=O)N1CCN(c2nc(=O)n3c4nc(c(Cl)cc24)-c2c(F)cccc2NCCOc2cccc(C(C)C)c2-3)[C@H](C)C1. The van der Waals surface area contributed by atoms with Gasteiger partial charge in [0.2, 0.25) is 5.91 Å². The summed E-state index contributed by atoms with van der Waals surface area (Å²) in [7, 11) is 0. The van der Waals surface area contributed by atoms with Crippen LogP contribution < -0.4 is 20.6 Å². The maximum absolute atomic E-state index is 15.5. The van der Waals surface area contributed by atoms with Crippen LogP contribution in [0, 0.1) is 5.82 Å². The van der Waals surface area contributed by atoms with Gasteiger partial charge in [-0.1, -0.05) is 50.2 Å². The van der Waals surface area contributed by atoms with Gasteiger partial charge in [-0.15, -0.1) is 0 Å². The molecule has 0 spiro atoms. The largest absolute Gasteiger partial charge is 0.490 e. The molecule has 2 aromatic carbocycles. The van der Waals surface area contributed by atoms with E-state index in [1.807, 2.05) is 43.9 Å². The molecule has 1 amide bonds. The summed E-state index contributed by atoms with van der Waals surface area (Å²) in [6.07, 6.45) is 1.30. The minimum atomic E-state index is -0.554. The van der Waals surface area contributed by atoms with Crippen molar-refractivity contribution < 1.29 is 13.9 Å². The molecule has 2 aliphatic heterocycles. The van der Waals surface area contributed by atoms with Crippen molar-refractivity contribution in [3.63, 3.8) is 0 Å². The Hall–Kier alpha value is -4.44. The molecular weight excluding hydrogens is 571 g/mol. The van der Waals surface area contributed by atoms with E-state index in [9.17, 15) is 9.59 Å². The summed E-state index contributed by atoms with van der Waals surface area (Å²) in [5.41, 5.74) is 2.05. The standard InChI is InChI=1S/C32H32ClFN6O3/c1-5-26(41)38-13-14-39(19(4)17-38)30-21-16-22(33)28-27-23(34)9-7-10-24(27)35-12-15-43-25-11-6-8-20(18(2)3)29(25)40(31(21)36-28)32(42)37-30/h5-11,16,18-19,35H,1,12-15,17H2,2-4H3/t19-/m1/s1. The van der Waals surface area contributed by atoms with Crippen LogP contribution in [0.3, 0.4) is 0 Å². The molecule has 6 rings (SSSR count). The molecule has 222 valence electrons. The van der Waals surface area contributed by atoms with Crippen molar-refractivity contribution in [1.29, 1.82) is 0 Å². The minimum Gasteiger partial charge on any atom is -0.490 e. The first kappa shape index (κ1) is 28.7. The molecule has 0 saturated carbocycles. The van der Waals surface area contributed by atoms with E-state index in [2.05, 4.69) is 16.9 Å². The molecule has 2 bridgehead atoms. The third-order valence-electron chi connectivity index (χ3n) is 7.99. The lowest BCUT2D eigenvalue weighted by atomic mass is 10.00. The van der Waals surface area contributed by atoms with Gasteiger partial charge in [0.05, 0.1) is 27.4 Å². The third kappa shape index (κ3) is 4.99. The van der Waals surface area contributed by atoms with E-state index < -0.39 is 11.5 Å². The van der Waals surface area contributed by atoms with E-state index in [1.54, 1.807) is 23.1 Å². The zero-order chi connectivity index (χ0) is 30.4. The number of nitrogens with zero attached hydrogens (tertiary/aromatic N) is 5. The van der Waals surface area contributed by atoms with Crippen molar-refractivity contribution >= 4 is 40.0 Å². The first-order valence-corrected chi connectivity index (χ1v) is 14.7. The number of fused-ring (bicyclic) bond motifs is 5. The molecule has 11 heteroatoms. The van der Waals surface area contributed by atoms with Crippen molar-refractivity contribution in [2.75, 3.05) is 43.0 Å². The first-order chi connectivity index (χ1) is 20.7. The Bertz CT molecular complexity index is 1820. The normalized spacial score (nSPS) is 16.6. The van der Waals surface area contributed by atoms with Gasteiger partial charge in [0.1, 0.15) is 24.0 Å². The summed E-state index contributed by atoms with van der Waals surface area (Å²) in [5, 5.41) is 4.00. The lowest BCUT2D eigenvalue weighted by Gasteiger charge is -2.40. The highest BCUT2D eigenvalue weighted by molar-refractivity contribution is 6.34. The summed E-state index contributed by atoms with van der Waals surface area (Å²) in [5.74, 6) is 0.294. The summed E-state index contributed by atoms with van der Waals surface area (Å²) >= 11 is 6.90. The summed E-state index contributed by atoms with van der Waals surface area (Å²) in [6.45, 7) is 11.6. The molecule has 2 aromatic heterocycles. The number of pyridine rings is 1. The molecule has 9 nitrogen and oxygen atoms in total. The van der Waals surface area contributed by atoms with Crippen LogP contribution in [0.5, 0.6) is 5.75 Å². The van der Waals surface area contributed by atoms with Gasteiger partial charge in [0, 0.05) is 37.9 Å². The smallest absolute Gasteiger partial charge is 0.355 e. The number of para-hydroxylation sites is 1. The highest BCUT2D eigenvalue weighted by Gasteiger charge is 2.31. The minimum absolute atomic E-state index is 0.0339. The Balaban J connectivity index is 1.68. The number of piperazine rings is 1. The quantitative estimate of drug-likeness (QED) is 0.314. The molecular formula is C32H32ClFN6O3. The number of halogens is 2. The number of rotatable bonds is 3. The van der Waals surface area contributed by atoms with Crippen LogP contribution in [-0.2, 0) is 4.79 Å². The topological polar surface area (TPSA) is 92.6 Å². The number of hydrogen-bond acceptors (Lipinski definition) is 7. The molecule has 4 aromatic rings. The van der Waals surface area contributed by atoms with Crippen LogP contribution in [0.25, 0.3) is 28.0 Å². The second-order valence-corrected chi connectivity index (χ2v) is 11.5. The highest BCUT2D eigenvalue weighted by Crippen LogP contribution is 2.40. The van der Waals surface area contributed by atoms with Crippen LogP contribution in [0.4, 0.5) is 15.9 Å². The Labute approximate surface area is 253 Å². The number of amides is 1. The highest BCUT2D eigenvalue weighted by atomic mass is 35.5. The van der Waals surface area contributed by atoms with Gasteiger partial charge in [-0.25, -0.2) is 18.7 Å². The number of hydrogen-bond donors (Lipinski definition) is 1. The third-order valence-corrected chi connectivity index (χ3v) is 8.28. The van der Waals surface area contributed by atoms with Crippen LogP contribution in [0.2, 0.25) is 5.02 Å². The van der Waals surface area contributed by atoms with Gasteiger partial charge in [-0.2, -0.15) is 4.98 Å². The molecule has 1 fully saturated rings. The zero-order valence-electron chi connectivity index (χ0n) is 24.2. The van der Waals surface area contributed by atoms with Gasteiger partial charge in [-0.05, 0) is 48.7 Å². The molecule has 1 atom stereocenters. The zero-order valence-corrected chi connectivity index (χ0v) is 25.0. The van der Waals surface area contributed by atoms with E-state index in [0.29, 0.717) is 54.5 Å². The lowest BCUT2D eigenvalue weighted by molar-refractivity contribution is -0.126. The van der Waals surface area contributed by atoms with Crippen molar-refractivity contribution in [3.05, 3.63) is 82.0 Å². The van der Waals surface area contributed by atoms with E-state index in [4.69, 9.17) is 21.3 Å². The fourth-order valence-corrected chi connectivity index (χ4v) is 6.17. The number of carbonyl (C=O) groups excluding carboxylic acids is 1. The van der Waals surface area contributed by atoms with Crippen LogP contribution >= 0.6 is 11.6 Å². The fraction of sp³-hybridized carbons (Fsp3) is 0.312. The number of anilines is 2. The van der Waals surface area contributed by atoms with Gasteiger partial charge in [-0.3, -0.25) is 4.79 Å². The molecule has 0 unspecified atom stereocenters. The number of carbonyl (C=O) groups is 1. The number of benzene rings is 2. The Morgan fingerprint density at radius 3 is 2.74 bits per heavy atom. The van der Waals surface area contributed by atoms with E-state index in [0.717, 1.165) is 5.56 Å². The van der Waals surface area contributed by atoms with Crippen molar-refractivity contribution in [2.45, 2.75) is 32.7 Å². The fourth-order valence-electron chi connectivity index (χ4n) is 5.92. The Morgan fingerprint density at radius 2 is 2.00 bits per heavy atom. The summed E-state index contributed by atoms with van der Waals surface area (Å²) in [4.78, 5) is 39.7. The lowest BCUT2D eigenvalue weighted by Crippen LogP contribution is -2.54. The monoisotopic (exact) mass is 602 g/mol. The van der Waals surface area contributed by atoms with Crippen LogP contribution in [-0.4, -0.2) is 64.2 Å². The maximum Gasteiger partial charge on any atom is 0.355 e. The number of ether oxygens (including phenoxy) is 1. The van der Waals surface area contributed by atoms with Crippen LogP contribution in [0.1, 0.15) is 32.3 Å². The van der Waals surface area contributed by atoms with Gasteiger partial charge < -0.3 is 19.9 Å². The van der Waals surface area contributed by atoms with Crippen molar-refractivity contribution in [1.82, 2.24) is 19.4 Å². The second kappa shape index (κ2) is 11.3. The molecule has 4 heterocycles. The van der Waals surface area contributed by atoms with E-state index in [1.165, 1.54) is 16.7 Å². The predicted octanol–water partition coefficient (Wildman–Crippen LogP) is 5.39. The maximum atomic E-state index is 15.5. The summed E-state index contributed by atoms with van der Waals surface area (Å²) in [6, 6.07) is 11.9. The van der Waals surface area contributed by atoms with E-state index in [-0.39, 0.29) is 46.4 Å². The van der Waals surface area contributed by atoms with Gasteiger partial charge in [0.25, 0.3) is 0 Å².